The van der Waals surface area contributed by atoms with E-state index in [1.54, 1.807) is 44.2 Å². The number of benzene rings is 2. The van der Waals surface area contributed by atoms with Crippen molar-refractivity contribution in [3.05, 3.63) is 59.2 Å². The second kappa shape index (κ2) is 12.0. The van der Waals surface area contributed by atoms with Crippen LogP contribution in [0.2, 0.25) is 0 Å². The van der Waals surface area contributed by atoms with Gasteiger partial charge in [-0.25, -0.2) is 14.8 Å². The van der Waals surface area contributed by atoms with Gasteiger partial charge in [0.15, 0.2) is 6.73 Å². The van der Waals surface area contributed by atoms with Crippen LogP contribution in [0.15, 0.2) is 47.5 Å². The van der Waals surface area contributed by atoms with Gasteiger partial charge >= 0.3 is 5.97 Å². The molecule has 0 spiro atoms. The smallest absolute Gasteiger partial charge is 0.309 e. The number of ether oxygens (including phenoxy) is 2. The highest BCUT2D eigenvalue weighted by Crippen LogP contribution is 2.31. The van der Waals surface area contributed by atoms with Crippen molar-refractivity contribution in [2.75, 3.05) is 25.3 Å². The van der Waals surface area contributed by atoms with E-state index >= 15 is 0 Å². The quantitative estimate of drug-likeness (QED) is 0.141. The molecule has 2 aromatic rings. The Labute approximate surface area is 192 Å². The van der Waals surface area contributed by atoms with Gasteiger partial charge < -0.3 is 20.5 Å². The lowest BCUT2D eigenvalue weighted by Gasteiger charge is -2.26. The molecule has 9 heteroatoms. The number of esters is 1. The molecule has 1 atom stereocenters. The third-order valence-electron chi connectivity index (χ3n) is 4.98. The average Bonchev–Trinajstić information content (AvgIpc) is 2.82. The predicted molar refractivity (Wildman–Crippen MR) is 123 cm³/mol. The molecule has 1 unspecified atom stereocenters. The van der Waals surface area contributed by atoms with Crippen LogP contribution in [0.3, 0.4) is 0 Å². The molecule has 2 aromatic carbocycles. The maximum Gasteiger partial charge on any atom is 0.309 e. The van der Waals surface area contributed by atoms with Gasteiger partial charge in [0.2, 0.25) is 0 Å². The Kier molecular flexibility index (Phi) is 8.79. The Morgan fingerprint density at radius 3 is 2.58 bits per heavy atom. The van der Waals surface area contributed by atoms with Crippen LogP contribution in [-0.4, -0.2) is 43.8 Å². The Morgan fingerprint density at radius 1 is 1.09 bits per heavy atom. The average molecular weight is 456 g/mol. The molecule has 0 radical (unpaired) electrons. The van der Waals surface area contributed by atoms with Crippen molar-refractivity contribution in [3.63, 3.8) is 0 Å². The monoisotopic (exact) mass is 455 g/mol. The lowest BCUT2D eigenvalue weighted by atomic mass is 10.00. The Bertz CT molecular complexity index is 990. The fourth-order valence-electron chi connectivity index (χ4n) is 3.38. The van der Waals surface area contributed by atoms with Gasteiger partial charge in [0.05, 0.1) is 19.6 Å². The number of fused-ring (bicyclic) bond motifs is 1. The summed E-state index contributed by atoms with van der Waals surface area (Å²) in [5.41, 5.74) is 8.74. The molecule has 0 fully saturated rings. The Hall–Kier alpha value is -3.43. The van der Waals surface area contributed by atoms with E-state index in [9.17, 15) is 9.59 Å². The van der Waals surface area contributed by atoms with Crippen molar-refractivity contribution in [1.29, 1.82) is 0 Å². The highest BCUT2D eigenvalue weighted by Gasteiger charge is 2.23. The molecule has 176 valence electrons. The molecule has 0 saturated carbocycles. The number of aryl methyl sites for hydroxylation is 1. The Morgan fingerprint density at radius 2 is 1.85 bits per heavy atom. The highest BCUT2D eigenvalue weighted by molar-refractivity contribution is 6.05. The summed E-state index contributed by atoms with van der Waals surface area (Å²) in [4.78, 5) is 38.0. The summed E-state index contributed by atoms with van der Waals surface area (Å²) >= 11 is 0. The summed E-state index contributed by atoms with van der Waals surface area (Å²) in [6.45, 7) is 4.36. The summed E-state index contributed by atoms with van der Waals surface area (Å²) < 4.78 is 10.9. The van der Waals surface area contributed by atoms with Gasteiger partial charge in [-0.1, -0.05) is 12.1 Å². The van der Waals surface area contributed by atoms with Gasteiger partial charge in [-0.3, -0.25) is 9.59 Å². The molecule has 0 aliphatic carbocycles. The maximum atomic E-state index is 12.7. The van der Waals surface area contributed by atoms with E-state index in [2.05, 4.69) is 10.3 Å². The molecule has 0 bridgehead atoms. The van der Waals surface area contributed by atoms with E-state index < -0.39 is 0 Å². The zero-order chi connectivity index (χ0) is 23.6. The summed E-state index contributed by atoms with van der Waals surface area (Å²) in [6.07, 6.45) is 1.50. The van der Waals surface area contributed by atoms with Crippen LogP contribution in [-0.2, 0) is 25.7 Å². The van der Waals surface area contributed by atoms with Gasteiger partial charge in [0, 0.05) is 16.8 Å². The van der Waals surface area contributed by atoms with Crippen molar-refractivity contribution >= 4 is 23.4 Å². The fraction of sp³-hybridized carbons (Fsp3) is 0.375. The minimum atomic E-state index is -0.257. The van der Waals surface area contributed by atoms with E-state index in [0.717, 1.165) is 17.7 Å². The number of carbonyl (C=O) groups is 2. The van der Waals surface area contributed by atoms with Crippen LogP contribution in [0.25, 0.3) is 0 Å². The number of nitrogens with zero attached hydrogens (tertiary/aromatic N) is 1. The number of amides is 1. The van der Waals surface area contributed by atoms with Crippen LogP contribution in [0.1, 0.15) is 48.2 Å². The van der Waals surface area contributed by atoms with Gasteiger partial charge in [-0.2, -0.15) is 0 Å². The molecule has 0 saturated heterocycles. The van der Waals surface area contributed by atoms with Crippen molar-refractivity contribution in [2.24, 2.45) is 10.7 Å². The summed E-state index contributed by atoms with van der Waals surface area (Å²) in [7, 11) is 0. The third-order valence-corrected chi connectivity index (χ3v) is 4.98. The summed E-state index contributed by atoms with van der Waals surface area (Å²) in [5, 5.41) is 2.90. The number of rotatable bonds is 10. The first-order valence-corrected chi connectivity index (χ1v) is 10.9. The SMILES string of the molecule is CCOOCN=C(N)c1ccc(C(=O)Nc2ccc3c(c2)CCC(CC(=O)OCC)O3)cc1. The van der Waals surface area contributed by atoms with Crippen molar-refractivity contribution in [2.45, 2.75) is 39.2 Å². The van der Waals surface area contributed by atoms with Crippen LogP contribution in [0.5, 0.6) is 5.75 Å². The van der Waals surface area contributed by atoms with E-state index in [4.69, 9.17) is 25.0 Å². The van der Waals surface area contributed by atoms with Crippen LogP contribution >= 0.6 is 0 Å². The molecule has 9 nitrogen and oxygen atoms in total. The Balaban J connectivity index is 1.57. The second-order valence-electron chi connectivity index (χ2n) is 7.34. The zero-order valence-electron chi connectivity index (χ0n) is 18.8. The van der Waals surface area contributed by atoms with Crippen molar-refractivity contribution in [3.8, 4) is 5.75 Å². The molecule has 1 amide bonds. The molecule has 3 N–H and O–H groups in total. The van der Waals surface area contributed by atoms with E-state index in [1.165, 1.54) is 0 Å². The first kappa shape index (κ1) is 24.2. The molecule has 0 aromatic heterocycles. The fourth-order valence-corrected chi connectivity index (χ4v) is 3.38. The predicted octanol–water partition coefficient (Wildman–Crippen LogP) is 3.22. The maximum absolute atomic E-state index is 12.7. The van der Waals surface area contributed by atoms with E-state index in [1.807, 2.05) is 12.1 Å². The summed E-state index contributed by atoms with van der Waals surface area (Å²) in [6, 6.07) is 12.3. The number of nitrogens with two attached hydrogens (primary N) is 1. The number of nitrogens with one attached hydrogen (secondary N) is 1. The molecule has 1 aliphatic rings. The highest BCUT2D eigenvalue weighted by atomic mass is 17.2. The van der Waals surface area contributed by atoms with Gasteiger partial charge in [-0.05, 0) is 62.6 Å². The lowest BCUT2D eigenvalue weighted by Crippen LogP contribution is -2.26. The zero-order valence-corrected chi connectivity index (χ0v) is 18.8. The second-order valence-corrected chi connectivity index (χ2v) is 7.34. The summed E-state index contributed by atoms with van der Waals surface area (Å²) in [5.74, 6) is 0.514. The first-order chi connectivity index (χ1) is 16.0. The number of anilines is 1. The van der Waals surface area contributed by atoms with Gasteiger partial charge in [0.25, 0.3) is 5.91 Å². The molecule has 1 aliphatic heterocycles. The van der Waals surface area contributed by atoms with Crippen molar-refractivity contribution in [1.82, 2.24) is 0 Å². The standard InChI is InChI=1S/C24H29N3O6/c1-3-30-22(28)14-20-11-9-18-13-19(10-12-21(18)33-20)27-24(29)17-7-5-16(6-8-17)23(25)26-15-32-31-4-2/h5-8,10,12-13,20H,3-4,9,11,14-15H2,1-2H3,(H2,25,26)(H,27,29). The molecular formula is C24H29N3O6. The number of aliphatic imine (C=N–C) groups is 1. The molecule has 1 heterocycles. The largest absolute Gasteiger partial charge is 0.490 e. The topological polar surface area (TPSA) is 121 Å². The normalized spacial score (nSPS) is 15.3. The minimum absolute atomic E-state index is 0.00642. The van der Waals surface area contributed by atoms with E-state index in [0.29, 0.717) is 36.4 Å². The van der Waals surface area contributed by atoms with Crippen LogP contribution < -0.4 is 15.8 Å². The number of hydrogen-bond donors (Lipinski definition) is 2. The van der Waals surface area contributed by atoms with Gasteiger partial charge in [0.1, 0.15) is 17.7 Å². The van der Waals surface area contributed by atoms with E-state index in [-0.39, 0.29) is 37.0 Å². The van der Waals surface area contributed by atoms with Crippen LogP contribution in [0, 0.1) is 0 Å². The number of amidine groups is 1. The molecule has 3 rings (SSSR count). The third kappa shape index (κ3) is 7.03. The van der Waals surface area contributed by atoms with Crippen LogP contribution in [0.4, 0.5) is 5.69 Å². The lowest BCUT2D eigenvalue weighted by molar-refractivity contribution is -0.289. The van der Waals surface area contributed by atoms with Gasteiger partial charge in [-0.15, -0.1) is 0 Å². The molecular weight excluding hydrogens is 426 g/mol. The first-order valence-electron chi connectivity index (χ1n) is 10.9. The molecule has 33 heavy (non-hydrogen) atoms. The minimum Gasteiger partial charge on any atom is -0.490 e. The van der Waals surface area contributed by atoms with Crippen molar-refractivity contribution < 1.29 is 28.8 Å². The number of carbonyl (C=O) groups excluding carboxylic acids is 2. The number of hydrogen-bond acceptors (Lipinski definition) is 7.